The van der Waals surface area contributed by atoms with Gasteiger partial charge in [0.1, 0.15) is 0 Å². The maximum atomic E-state index is 2.99. The van der Waals surface area contributed by atoms with Gasteiger partial charge in [-0.25, -0.2) is 12.2 Å². The fraction of sp³-hybridized carbons (Fsp3) is 0.300. The molecule has 0 saturated carbocycles. The number of aromatic amines is 1. The predicted octanol–water partition coefficient (Wildman–Crippen LogP) is 7.13. The molecule has 0 spiro atoms. The van der Waals surface area contributed by atoms with Gasteiger partial charge >= 0.3 is 41.3 Å². The van der Waals surface area contributed by atoms with Crippen LogP contribution in [0.15, 0.2) is 36.6 Å². The van der Waals surface area contributed by atoms with Crippen LogP contribution in [-0.2, 0) is 24.2 Å². The van der Waals surface area contributed by atoms with Gasteiger partial charge in [-0.1, -0.05) is 0 Å². The molecule has 1 heterocycles. The second-order valence-electron chi connectivity index (χ2n) is 4.32. The van der Waals surface area contributed by atoms with E-state index in [2.05, 4.69) is 58.0 Å². The van der Waals surface area contributed by atoms with Crippen molar-refractivity contribution in [3.8, 4) is 0 Å². The second kappa shape index (κ2) is 43.5. The molecule has 1 aliphatic rings. The molecular formula is C20H38Cl2NZr-7. The van der Waals surface area contributed by atoms with E-state index in [1.54, 1.807) is 24.2 Å². The summed E-state index contributed by atoms with van der Waals surface area (Å²) in [4.78, 5) is 2.74. The Hall–Kier alpha value is 0.0931. The first-order chi connectivity index (χ1) is 8.46. The van der Waals surface area contributed by atoms with Gasteiger partial charge in [0, 0.05) is 0 Å². The molecule has 0 unspecified atom stereocenters. The third-order valence-electron chi connectivity index (χ3n) is 1.03. The zero-order chi connectivity index (χ0) is 14.2. The van der Waals surface area contributed by atoms with Crippen LogP contribution in [0.25, 0.3) is 0 Å². The number of H-pyrrole nitrogens is 1. The molecule has 0 aromatic carbocycles. The van der Waals surface area contributed by atoms with Crippen molar-refractivity contribution in [2.45, 2.75) is 41.0 Å². The molecule has 0 aliphatic heterocycles. The minimum Gasteiger partial charge on any atom is -0.484 e. The normalized spacial score (nSPS) is 7.88. The van der Waals surface area contributed by atoms with Crippen molar-refractivity contribution in [3.63, 3.8) is 0 Å². The van der Waals surface area contributed by atoms with Crippen LogP contribution in [0.4, 0.5) is 0 Å². The molecule has 2 rings (SSSR count). The summed E-state index contributed by atoms with van der Waals surface area (Å²) in [6.45, 7) is 10.5. The van der Waals surface area contributed by atoms with E-state index in [1.165, 1.54) is 9.12 Å². The number of hydrogen-bond acceptors (Lipinski definition) is 0. The molecule has 1 N–H and O–H groups in total. The molecule has 1 aromatic heterocycles. The Morgan fingerprint density at radius 3 is 1.54 bits per heavy atom. The Bertz CT molecular complexity index is 284. The molecular weight excluding hydrogens is 416 g/mol. The maximum Gasteiger partial charge on any atom is -0.108 e. The zero-order valence-corrected chi connectivity index (χ0v) is 21.1. The Balaban J connectivity index is -0.0000000220. The van der Waals surface area contributed by atoms with Gasteiger partial charge in [0.2, 0.25) is 0 Å². The summed E-state index contributed by atoms with van der Waals surface area (Å²) in [5, 5.41) is 0. The van der Waals surface area contributed by atoms with E-state index in [0.29, 0.717) is 0 Å². The second-order valence-corrected chi connectivity index (χ2v) is 6.78. The molecule has 0 saturated heterocycles. The van der Waals surface area contributed by atoms with E-state index in [1.807, 2.05) is 30.5 Å². The minimum atomic E-state index is 0. The number of aromatic nitrogens is 1. The first-order valence-corrected chi connectivity index (χ1v) is 7.19. The standard InChI is InChI=1S/C5H5.C4H4N.C4H9.C3H6.4CH3.2ClH.Zr/c2*1-2-4-5-3-1;1-4(2)3;1-3-2;;;;;;;/h1-3H,4H2;1-3,5H;1-3H3;1-2H3;4*1H3;2*1H;/q3*-1;;4*-1;;;. The summed E-state index contributed by atoms with van der Waals surface area (Å²) in [7, 11) is 0. The zero-order valence-electron chi connectivity index (χ0n) is 17.0. The quantitative estimate of drug-likeness (QED) is 0.401. The summed E-state index contributed by atoms with van der Waals surface area (Å²) >= 11 is 1.55. The molecule has 0 atom stereocenters. The number of hydrogen-bond donors (Lipinski definition) is 1. The van der Waals surface area contributed by atoms with E-state index in [4.69, 9.17) is 0 Å². The van der Waals surface area contributed by atoms with Crippen LogP contribution in [0.1, 0.15) is 41.0 Å². The molecule has 0 fully saturated rings. The largest absolute Gasteiger partial charge is 0.484 e. The Morgan fingerprint density at radius 1 is 1.04 bits per heavy atom. The summed E-state index contributed by atoms with van der Waals surface area (Å²) in [5.41, 5.74) is 0. The molecule has 148 valence electrons. The van der Waals surface area contributed by atoms with E-state index in [-0.39, 0.29) is 54.5 Å². The van der Waals surface area contributed by atoms with E-state index in [9.17, 15) is 0 Å². The van der Waals surface area contributed by atoms with Gasteiger partial charge in [-0.3, -0.25) is 6.08 Å². The molecule has 0 radical (unpaired) electrons. The van der Waals surface area contributed by atoms with Crippen LogP contribution in [0.2, 0.25) is 0 Å². The van der Waals surface area contributed by atoms with Crippen LogP contribution in [0.3, 0.4) is 0 Å². The fourth-order valence-electron chi connectivity index (χ4n) is 0.581. The Kier molecular flexibility index (Phi) is 90.0. The van der Waals surface area contributed by atoms with Gasteiger partial charge in [-0.15, -0.1) is 37.4 Å². The smallest absolute Gasteiger partial charge is 0.108 e. The summed E-state index contributed by atoms with van der Waals surface area (Å²) in [6, 6.07) is 3.71. The van der Waals surface area contributed by atoms with Gasteiger partial charge < -0.3 is 40.6 Å². The molecule has 0 bridgehead atoms. The average molecular weight is 455 g/mol. The van der Waals surface area contributed by atoms with Crippen molar-refractivity contribution in [1.82, 2.24) is 4.98 Å². The first kappa shape index (κ1) is 49.6. The molecule has 1 aromatic rings. The number of allylic oxidation sites excluding steroid dienone is 4. The van der Waals surface area contributed by atoms with Gasteiger partial charge in [0.25, 0.3) is 0 Å². The van der Waals surface area contributed by atoms with Crippen molar-refractivity contribution in [1.29, 1.82) is 0 Å². The molecule has 0 amide bonds. The number of nitrogens with one attached hydrogen (secondary N) is 1. The van der Waals surface area contributed by atoms with Crippen LogP contribution >= 0.6 is 24.8 Å². The Morgan fingerprint density at radius 2 is 1.46 bits per heavy atom. The first-order valence-electron chi connectivity index (χ1n) is 5.96. The Labute approximate surface area is 182 Å². The number of halogens is 2. The van der Waals surface area contributed by atoms with Crippen molar-refractivity contribution >= 4 is 28.0 Å². The van der Waals surface area contributed by atoms with E-state index < -0.39 is 0 Å². The van der Waals surface area contributed by atoms with Gasteiger partial charge in [-0.05, 0) is 0 Å². The fourth-order valence-corrected chi connectivity index (χ4v) is 0.581. The van der Waals surface area contributed by atoms with E-state index >= 15 is 0 Å². The monoisotopic (exact) mass is 452 g/mol. The van der Waals surface area contributed by atoms with Crippen molar-refractivity contribution in [2.24, 2.45) is 0 Å². The van der Waals surface area contributed by atoms with Crippen molar-refractivity contribution in [3.05, 3.63) is 84.5 Å². The number of rotatable bonds is 0. The molecule has 4 heteroatoms. The van der Waals surface area contributed by atoms with Gasteiger partial charge in [0.15, 0.2) is 0 Å². The third-order valence-corrected chi connectivity index (χ3v) is 1.03. The average Bonchev–Trinajstić information content (AvgIpc) is 2.96. The van der Waals surface area contributed by atoms with Crippen LogP contribution in [0.5, 0.6) is 0 Å². The van der Waals surface area contributed by atoms with Gasteiger partial charge in [-0.2, -0.15) is 45.2 Å². The maximum absolute atomic E-state index is 2.99. The summed E-state index contributed by atoms with van der Waals surface area (Å²) < 4.78 is 1.51. The minimum absolute atomic E-state index is 0. The van der Waals surface area contributed by atoms with Crippen LogP contribution in [-0.4, -0.2) is 8.19 Å². The van der Waals surface area contributed by atoms with Crippen molar-refractivity contribution in [2.75, 3.05) is 0 Å². The summed E-state index contributed by atoms with van der Waals surface area (Å²) in [5.74, 6) is 1.42. The summed E-state index contributed by atoms with van der Waals surface area (Å²) in [6.07, 6.45) is 14.6. The molecule has 1 aliphatic carbocycles. The molecule has 1 nitrogen and oxygen atoms in total. The van der Waals surface area contributed by atoms with Crippen LogP contribution in [0, 0.1) is 47.9 Å². The van der Waals surface area contributed by atoms with Gasteiger partial charge in [0.05, 0.1) is 0 Å². The van der Waals surface area contributed by atoms with Crippen molar-refractivity contribution < 1.29 is 24.2 Å². The van der Waals surface area contributed by atoms with E-state index in [0.717, 1.165) is 6.42 Å². The van der Waals surface area contributed by atoms with Crippen LogP contribution < -0.4 is 0 Å². The SMILES string of the molecule is C[C-](C)C.C[C](C)=[Zr].Cl.Cl.[C-]1=CC=CC1.[CH3-].[CH3-].[CH3-].[CH3-].[c-]1ccc[nH]1. The topological polar surface area (TPSA) is 15.8 Å². The third kappa shape index (κ3) is 96.5. The molecule has 24 heavy (non-hydrogen) atoms. The predicted molar refractivity (Wildman–Crippen MR) is 118 cm³/mol.